The van der Waals surface area contributed by atoms with Crippen LogP contribution in [0.15, 0.2) is 35.2 Å². The number of piperidine rings is 2. The van der Waals surface area contributed by atoms with Gasteiger partial charge in [0.05, 0.1) is 10.8 Å². The van der Waals surface area contributed by atoms with Crippen molar-refractivity contribution in [3.8, 4) is 0 Å². The van der Waals surface area contributed by atoms with E-state index in [2.05, 4.69) is 5.32 Å². The van der Waals surface area contributed by atoms with Crippen molar-refractivity contribution in [1.29, 1.82) is 0 Å². The van der Waals surface area contributed by atoms with Crippen molar-refractivity contribution in [1.82, 2.24) is 14.5 Å². The van der Waals surface area contributed by atoms with Crippen LogP contribution in [-0.2, 0) is 19.6 Å². The minimum Gasteiger partial charge on any atom is -0.353 e. The van der Waals surface area contributed by atoms with Gasteiger partial charge in [-0.2, -0.15) is 4.31 Å². The molecule has 0 radical (unpaired) electrons. The zero-order valence-corrected chi connectivity index (χ0v) is 17.4. The van der Waals surface area contributed by atoms with Crippen molar-refractivity contribution in [2.75, 3.05) is 26.2 Å². The normalized spacial score (nSPS) is 24.3. The molecule has 2 saturated heterocycles. The molecule has 4 rings (SSSR count). The van der Waals surface area contributed by atoms with Gasteiger partial charge in [-0.3, -0.25) is 9.59 Å². The molecule has 1 atom stereocenters. The van der Waals surface area contributed by atoms with Crippen LogP contribution < -0.4 is 5.32 Å². The summed E-state index contributed by atoms with van der Waals surface area (Å²) in [6.07, 6.45) is 4.94. The number of amides is 2. The highest BCUT2D eigenvalue weighted by Gasteiger charge is 2.36. The molecule has 2 amide bonds. The van der Waals surface area contributed by atoms with Crippen molar-refractivity contribution < 1.29 is 18.0 Å². The molecular formula is C21H29N3O4S. The van der Waals surface area contributed by atoms with E-state index in [0.717, 1.165) is 25.7 Å². The minimum absolute atomic E-state index is 0.0619. The van der Waals surface area contributed by atoms with Crippen LogP contribution in [0, 0.1) is 11.8 Å². The SMILES string of the molecule is O=C(NC1CCN(C(=O)C2CC2)CC1)C1CCCN(S(=O)(=O)c2ccccc2)C1. The van der Waals surface area contributed by atoms with Crippen LogP contribution in [0.1, 0.15) is 38.5 Å². The maximum Gasteiger partial charge on any atom is 0.243 e. The number of likely N-dealkylation sites (tertiary alicyclic amines) is 1. The van der Waals surface area contributed by atoms with E-state index in [9.17, 15) is 18.0 Å². The first-order chi connectivity index (χ1) is 13.9. The molecule has 158 valence electrons. The molecule has 3 aliphatic rings. The van der Waals surface area contributed by atoms with Crippen LogP contribution in [0.3, 0.4) is 0 Å². The molecule has 1 saturated carbocycles. The molecule has 1 unspecified atom stereocenters. The van der Waals surface area contributed by atoms with Crippen LogP contribution in [0.2, 0.25) is 0 Å². The Balaban J connectivity index is 1.31. The summed E-state index contributed by atoms with van der Waals surface area (Å²) in [5.74, 6) is 0.114. The first-order valence-electron chi connectivity index (χ1n) is 10.6. The molecular weight excluding hydrogens is 390 g/mol. The molecule has 7 nitrogen and oxygen atoms in total. The van der Waals surface area contributed by atoms with Gasteiger partial charge < -0.3 is 10.2 Å². The van der Waals surface area contributed by atoms with E-state index in [1.807, 2.05) is 4.90 Å². The van der Waals surface area contributed by atoms with Gasteiger partial charge >= 0.3 is 0 Å². The topological polar surface area (TPSA) is 86.8 Å². The summed E-state index contributed by atoms with van der Waals surface area (Å²) in [4.78, 5) is 27.2. The van der Waals surface area contributed by atoms with Crippen molar-refractivity contribution in [2.24, 2.45) is 11.8 Å². The standard InChI is InChI=1S/C21H29N3O4S/c25-20(22-18-10-13-23(14-11-18)21(26)16-8-9-16)17-5-4-12-24(15-17)29(27,28)19-6-2-1-3-7-19/h1-3,6-7,16-18H,4-5,8-15H2,(H,22,25). The number of nitrogens with one attached hydrogen (secondary N) is 1. The third-order valence-electron chi connectivity index (χ3n) is 6.22. The highest BCUT2D eigenvalue weighted by atomic mass is 32.2. The Labute approximate surface area is 172 Å². The lowest BCUT2D eigenvalue weighted by Gasteiger charge is -2.35. The van der Waals surface area contributed by atoms with Crippen LogP contribution >= 0.6 is 0 Å². The Kier molecular flexibility index (Phi) is 5.92. The molecule has 1 aliphatic carbocycles. The van der Waals surface area contributed by atoms with Gasteiger partial charge in [0.1, 0.15) is 0 Å². The molecule has 0 aromatic heterocycles. The molecule has 1 aromatic carbocycles. The second kappa shape index (κ2) is 8.44. The number of benzene rings is 1. The van der Waals surface area contributed by atoms with Crippen LogP contribution in [0.5, 0.6) is 0 Å². The minimum atomic E-state index is -3.57. The smallest absolute Gasteiger partial charge is 0.243 e. The number of carbonyl (C=O) groups excluding carboxylic acids is 2. The lowest BCUT2D eigenvalue weighted by atomic mass is 9.97. The number of rotatable bonds is 5. The number of hydrogen-bond donors (Lipinski definition) is 1. The zero-order chi connectivity index (χ0) is 20.4. The molecule has 3 fully saturated rings. The van der Waals surface area contributed by atoms with E-state index in [-0.39, 0.29) is 41.1 Å². The summed E-state index contributed by atoms with van der Waals surface area (Å²) in [6.45, 7) is 2.06. The zero-order valence-electron chi connectivity index (χ0n) is 16.6. The number of carbonyl (C=O) groups is 2. The molecule has 0 bridgehead atoms. The monoisotopic (exact) mass is 419 g/mol. The summed E-state index contributed by atoms with van der Waals surface area (Å²) < 4.78 is 27.2. The lowest BCUT2D eigenvalue weighted by Crippen LogP contribution is -2.51. The first-order valence-corrected chi connectivity index (χ1v) is 12.0. The Morgan fingerprint density at radius 1 is 0.897 bits per heavy atom. The fourth-order valence-electron chi connectivity index (χ4n) is 4.27. The summed E-state index contributed by atoms with van der Waals surface area (Å²) in [7, 11) is -3.57. The maximum atomic E-state index is 12.9. The van der Waals surface area contributed by atoms with Gasteiger partial charge in [-0.25, -0.2) is 8.42 Å². The molecule has 2 heterocycles. The second-order valence-electron chi connectivity index (χ2n) is 8.40. The van der Waals surface area contributed by atoms with Gasteiger partial charge in [0.2, 0.25) is 21.8 Å². The van der Waals surface area contributed by atoms with Crippen molar-refractivity contribution >= 4 is 21.8 Å². The molecule has 1 aromatic rings. The van der Waals surface area contributed by atoms with E-state index in [4.69, 9.17) is 0 Å². The van der Waals surface area contributed by atoms with E-state index >= 15 is 0 Å². The van der Waals surface area contributed by atoms with Gasteiger partial charge in [0, 0.05) is 38.1 Å². The lowest BCUT2D eigenvalue weighted by molar-refractivity contribution is -0.133. The first kappa shape index (κ1) is 20.3. The van der Waals surface area contributed by atoms with Crippen molar-refractivity contribution in [3.05, 3.63) is 30.3 Å². The van der Waals surface area contributed by atoms with Crippen molar-refractivity contribution in [3.63, 3.8) is 0 Å². The van der Waals surface area contributed by atoms with Crippen molar-refractivity contribution in [2.45, 2.75) is 49.5 Å². The van der Waals surface area contributed by atoms with Gasteiger partial charge in [-0.05, 0) is 50.7 Å². The average Bonchev–Trinajstić information content (AvgIpc) is 3.60. The molecule has 0 spiro atoms. The van der Waals surface area contributed by atoms with Gasteiger partial charge in [-0.15, -0.1) is 0 Å². The Morgan fingerprint density at radius 3 is 2.24 bits per heavy atom. The Morgan fingerprint density at radius 2 is 1.59 bits per heavy atom. The summed E-state index contributed by atoms with van der Waals surface area (Å²) in [6, 6.07) is 8.45. The van der Waals surface area contributed by atoms with Gasteiger partial charge in [-0.1, -0.05) is 18.2 Å². The predicted octanol–water partition coefficient (Wildman–Crippen LogP) is 1.60. The van der Waals surface area contributed by atoms with E-state index in [1.54, 1.807) is 30.3 Å². The summed E-state index contributed by atoms with van der Waals surface area (Å²) in [5.41, 5.74) is 0. The number of nitrogens with zero attached hydrogens (tertiary/aromatic N) is 2. The molecule has 8 heteroatoms. The number of sulfonamides is 1. The second-order valence-corrected chi connectivity index (χ2v) is 10.3. The highest BCUT2D eigenvalue weighted by Crippen LogP contribution is 2.32. The summed E-state index contributed by atoms with van der Waals surface area (Å²) in [5, 5.41) is 3.11. The Hall–Kier alpha value is -1.93. The Bertz CT molecular complexity index is 846. The number of hydrogen-bond acceptors (Lipinski definition) is 4. The largest absolute Gasteiger partial charge is 0.353 e. The van der Waals surface area contributed by atoms with E-state index in [0.29, 0.717) is 32.5 Å². The van der Waals surface area contributed by atoms with Crippen LogP contribution in [0.25, 0.3) is 0 Å². The maximum absolute atomic E-state index is 12.9. The predicted molar refractivity (Wildman–Crippen MR) is 108 cm³/mol. The van der Waals surface area contributed by atoms with Gasteiger partial charge in [0.25, 0.3) is 0 Å². The average molecular weight is 420 g/mol. The molecule has 29 heavy (non-hydrogen) atoms. The fourth-order valence-corrected chi connectivity index (χ4v) is 5.81. The molecule has 1 N–H and O–H groups in total. The van der Waals surface area contributed by atoms with E-state index < -0.39 is 10.0 Å². The third-order valence-corrected chi connectivity index (χ3v) is 8.09. The van der Waals surface area contributed by atoms with Gasteiger partial charge in [0.15, 0.2) is 0 Å². The van der Waals surface area contributed by atoms with E-state index in [1.165, 1.54) is 4.31 Å². The highest BCUT2D eigenvalue weighted by molar-refractivity contribution is 7.89. The summed E-state index contributed by atoms with van der Waals surface area (Å²) >= 11 is 0. The van der Waals surface area contributed by atoms with Crippen LogP contribution in [0.4, 0.5) is 0 Å². The third kappa shape index (κ3) is 4.64. The van der Waals surface area contributed by atoms with Crippen LogP contribution in [-0.4, -0.2) is 61.7 Å². The quantitative estimate of drug-likeness (QED) is 0.786. The fraction of sp³-hybridized carbons (Fsp3) is 0.619. The molecule has 2 aliphatic heterocycles.